The summed E-state index contributed by atoms with van der Waals surface area (Å²) in [5, 5.41) is 4.21. The molecular weight excluding hydrogens is 402 g/mol. The molecule has 0 aliphatic carbocycles. The predicted octanol–water partition coefficient (Wildman–Crippen LogP) is 3.08. The number of amides is 1. The van der Waals surface area contributed by atoms with E-state index in [1.54, 1.807) is 34.8 Å². The summed E-state index contributed by atoms with van der Waals surface area (Å²) >= 11 is 0. The lowest BCUT2D eigenvalue weighted by Gasteiger charge is -2.25. The Balaban J connectivity index is 1.44. The van der Waals surface area contributed by atoms with Gasteiger partial charge in [-0.2, -0.15) is 5.10 Å². The topological polar surface area (TPSA) is 50.6 Å². The maximum Gasteiger partial charge on any atom is 0.257 e. The van der Waals surface area contributed by atoms with Gasteiger partial charge in [0.25, 0.3) is 5.91 Å². The third-order valence-corrected chi connectivity index (χ3v) is 6.03. The van der Waals surface area contributed by atoms with Gasteiger partial charge in [0, 0.05) is 57.1 Å². The molecule has 31 heavy (non-hydrogen) atoms. The summed E-state index contributed by atoms with van der Waals surface area (Å²) in [6, 6.07) is 8.36. The highest BCUT2D eigenvalue weighted by Crippen LogP contribution is 2.35. The molecule has 3 aromatic rings. The lowest BCUT2D eigenvalue weighted by Crippen LogP contribution is -2.44. The van der Waals surface area contributed by atoms with Crippen molar-refractivity contribution in [1.82, 2.24) is 19.6 Å². The van der Waals surface area contributed by atoms with E-state index in [-0.39, 0.29) is 23.6 Å². The second-order valence-electron chi connectivity index (χ2n) is 8.19. The molecule has 1 amide bonds. The monoisotopic (exact) mass is 424 g/mol. The first kappa shape index (κ1) is 19.7. The van der Waals surface area contributed by atoms with Crippen LogP contribution in [0.3, 0.4) is 0 Å². The Morgan fingerprint density at radius 1 is 1.10 bits per heavy atom. The largest absolute Gasteiger partial charge is 0.486 e. The van der Waals surface area contributed by atoms with Gasteiger partial charge in [-0.3, -0.25) is 14.4 Å². The number of carbonyl (C=O) groups is 1. The highest BCUT2D eigenvalue weighted by Gasteiger charge is 2.42. The molecule has 2 aliphatic heterocycles. The van der Waals surface area contributed by atoms with Gasteiger partial charge in [-0.25, -0.2) is 8.78 Å². The summed E-state index contributed by atoms with van der Waals surface area (Å²) in [7, 11) is 3.67. The molecule has 5 rings (SSSR count). The van der Waals surface area contributed by atoms with Crippen molar-refractivity contribution in [3.8, 4) is 16.9 Å². The van der Waals surface area contributed by atoms with Crippen LogP contribution in [0.25, 0.3) is 11.1 Å². The van der Waals surface area contributed by atoms with Crippen LogP contribution < -0.4 is 4.74 Å². The fourth-order valence-electron chi connectivity index (χ4n) is 4.45. The predicted molar refractivity (Wildman–Crippen MR) is 111 cm³/mol. The Hall–Kier alpha value is -3.26. The summed E-state index contributed by atoms with van der Waals surface area (Å²) in [4.78, 5) is 17.1. The number of hydrogen-bond donors (Lipinski definition) is 0. The molecule has 6 nitrogen and oxygen atoms in total. The number of likely N-dealkylation sites (tertiary alicyclic amines) is 1. The van der Waals surface area contributed by atoms with Crippen molar-refractivity contribution in [1.29, 1.82) is 0 Å². The second kappa shape index (κ2) is 7.46. The minimum absolute atomic E-state index is 0.0948. The maximum atomic E-state index is 14.3. The Morgan fingerprint density at radius 2 is 1.90 bits per heavy atom. The summed E-state index contributed by atoms with van der Waals surface area (Å²) in [5.74, 6) is -0.990. The van der Waals surface area contributed by atoms with Crippen molar-refractivity contribution in [2.75, 3.05) is 20.1 Å². The van der Waals surface area contributed by atoms with Gasteiger partial charge in [0.1, 0.15) is 23.5 Å². The SMILES string of the molecule is CN1C(=O)c2ccc(-c3ccc(F)cc3F)cc2O[C@H]2CN(Cc3cnn(C)c3)C[C@H]21. The van der Waals surface area contributed by atoms with Crippen LogP contribution in [0.4, 0.5) is 8.78 Å². The van der Waals surface area contributed by atoms with Crippen LogP contribution >= 0.6 is 0 Å². The molecule has 3 heterocycles. The second-order valence-corrected chi connectivity index (χ2v) is 8.19. The number of likely N-dealkylation sites (N-methyl/N-ethyl adjacent to an activating group) is 1. The molecule has 0 bridgehead atoms. The van der Waals surface area contributed by atoms with E-state index in [2.05, 4.69) is 10.00 Å². The molecule has 2 atom stereocenters. The van der Waals surface area contributed by atoms with Gasteiger partial charge in [0.2, 0.25) is 0 Å². The zero-order valence-corrected chi connectivity index (χ0v) is 17.3. The van der Waals surface area contributed by atoms with Gasteiger partial charge in [-0.05, 0) is 29.8 Å². The maximum absolute atomic E-state index is 14.3. The number of hydrogen-bond acceptors (Lipinski definition) is 4. The fraction of sp³-hybridized carbons (Fsp3) is 0.304. The molecule has 1 fully saturated rings. The third kappa shape index (κ3) is 3.57. The summed E-state index contributed by atoms with van der Waals surface area (Å²) < 4.78 is 35.7. The number of aryl methyl sites for hydroxylation is 1. The number of benzene rings is 2. The lowest BCUT2D eigenvalue weighted by molar-refractivity contribution is 0.0682. The smallest absolute Gasteiger partial charge is 0.257 e. The van der Waals surface area contributed by atoms with E-state index in [0.717, 1.165) is 18.2 Å². The van der Waals surface area contributed by atoms with Crippen molar-refractivity contribution >= 4 is 5.91 Å². The van der Waals surface area contributed by atoms with Crippen molar-refractivity contribution in [3.05, 3.63) is 71.6 Å². The van der Waals surface area contributed by atoms with E-state index in [1.165, 1.54) is 12.1 Å². The Kier molecular flexibility index (Phi) is 4.74. The number of rotatable bonds is 3. The van der Waals surface area contributed by atoms with Gasteiger partial charge in [-0.15, -0.1) is 0 Å². The number of halogens is 2. The zero-order chi connectivity index (χ0) is 21.7. The number of ether oxygens (including phenoxy) is 1. The number of carbonyl (C=O) groups excluding carboxylic acids is 1. The molecule has 0 N–H and O–H groups in total. The fourth-order valence-corrected chi connectivity index (χ4v) is 4.45. The minimum Gasteiger partial charge on any atom is -0.486 e. The third-order valence-electron chi connectivity index (χ3n) is 6.03. The molecule has 2 aliphatic rings. The van der Waals surface area contributed by atoms with E-state index < -0.39 is 11.6 Å². The first-order valence-electron chi connectivity index (χ1n) is 10.1. The highest BCUT2D eigenvalue weighted by molar-refractivity contribution is 5.98. The molecule has 0 radical (unpaired) electrons. The molecule has 8 heteroatoms. The van der Waals surface area contributed by atoms with E-state index in [9.17, 15) is 13.6 Å². The molecule has 0 unspecified atom stereocenters. The van der Waals surface area contributed by atoms with Crippen molar-refractivity contribution < 1.29 is 18.3 Å². The number of fused-ring (bicyclic) bond motifs is 2. The van der Waals surface area contributed by atoms with Crippen LogP contribution in [0.2, 0.25) is 0 Å². The van der Waals surface area contributed by atoms with Crippen LogP contribution in [0, 0.1) is 11.6 Å². The van der Waals surface area contributed by atoms with Gasteiger partial charge < -0.3 is 9.64 Å². The van der Waals surface area contributed by atoms with Crippen molar-refractivity contribution in [2.45, 2.75) is 18.7 Å². The first-order valence-corrected chi connectivity index (χ1v) is 10.1. The van der Waals surface area contributed by atoms with E-state index in [4.69, 9.17) is 4.74 Å². The average Bonchev–Trinajstić information content (AvgIpc) is 3.30. The van der Waals surface area contributed by atoms with Crippen molar-refractivity contribution in [2.24, 2.45) is 7.05 Å². The van der Waals surface area contributed by atoms with Gasteiger partial charge in [0.15, 0.2) is 0 Å². The summed E-state index contributed by atoms with van der Waals surface area (Å²) in [6.07, 6.45) is 3.60. The van der Waals surface area contributed by atoms with Crippen molar-refractivity contribution in [3.63, 3.8) is 0 Å². The lowest BCUT2D eigenvalue weighted by atomic mass is 10.0. The highest BCUT2D eigenvalue weighted by atomic mass is 19.1. The van der Waals surface area contributed by atoms with Crippen LogP contribution in [-0.4, -0.2) is 57.8 Å². The summed E-state index contributed by atoms with van der Waals surface area (Å²) in [5.41, 5.74) is 2.35. The van der Waals surface area contributed by atoms with Crippen LogP contribution in [0.15, 0.2) is 48.8 Å². The van der Waals surface area contributed by atoms with Crippen LogP contribution in [-0.2, 0) is 13.6 Å². The molecule has 0 saturated carbocycles. The minimum atomic E-state index is -0.654. The molecule has 1 aromatic heterocycles. The van der Waals surface area contributed by atoms with E-state index in [1.807, 2.05) is 19.4 Å². The van der Waals surface area contributed by atoms with Gasteiger partial charge >= 0.3 is 0 Å². The molecule has 0 spiro atoms. The standard InChI is InChI=1S/C23H22F2N4O2/c1-27-10-14(9-26-27)11-29-12-20-22(13-29)31-21-7-15(3-5-18(21)23(30)28(20)2)17-6-4-16(24)8-19(17)25/h3-10,20,22H,11-13H2,1-2H3/t20-,22+/m1/s1. The average molecular weight is 424 g/mol. The van der Waals surface area contributed by atoms with E-state index >= 15 is 0 Å². The van der Waals surface area contributed by atoms with Gasteiger partial charge in [-0.1, -0.05) is 6.07 Å². The molecule has 2 aromatic carbocycles. The number of nitrogens with zero attached hydrogens (tertiary/aromatic N) is 4. The quantitative estimate of drug-likeness (QED) is 0.649. The Morgan fingerprint density at radius 3 is 2.65 bits per heavy atom. The molecule has 160 valence electrons. The van der Waals surface area contributed by atoms with Crippen LogP contribution in [0.1, 0.15) is 15.9 Å². The first-order chi connectivity index (χ1) is 14.9. The summed E-state index contributed by atoms with van der Waals surface area (Å²) in [6.45, 7) is 2.07. The molecule has 1 saturated heterocycles. The zero-order valence-electron chi connectivity index (χ0n) is 17.3. The van der Waals surface area contributed by atoms with Gasteiger partial charge in [0.05, 0.1) is 17.8 Å². The molecular formula is C23H22F2N4O2. The van der Waals surface area contributed by atoms with E-state index in [0.29, 0.717) is 30.0 Å². The van der Waals surface area contributed by atoms with Crippen LogP contribution in [0.5, 0.6) is 5.75 Å². The normalized spacial score (nSPS) is 20.9. The number of aromatic nitrogens is 2. The Labute approximate surface area is 178 Å². The Bertz CT molecular complexity index is 1160.